The summed E-state index contributed by atoms with van der Waals surface area (Å²) in [7, 11) is 0. The van der Waals surface area contributed by atoms with E-state index in [1.54, 1.807) is 24.3 Å². The summed E-state index contributed by atoms with van der Waals surface area (Å²) in [5.41, 5.74) is 1.19. The molecule has 0 saturated carbocycles. The van der Waals surface area contributed by atoms with Crippen molar-refractivity contribution < 1.29 is 14.3 Å². The van der Waals surface area contributed by atoms with Gasteiger partial charge in [0.1, 0.15) is 0 Å². The molecule has 2 rings (SSSR count). The van der Waals surface area contributed by atoms with Crippen molar-refractivity contribution >= 4 is 17.5 Å². The zero-order valence-corrected chi connectivity index (χ0v) is 12.9. The van der Waals surface area contributed by atoms with E-state index in [1.807, 2.05) is 0 Å². The van der Waals surface area contributed by atoms with Crippen molar-refractivity contribution in [1.29, 1.82) is 0 Å². The van der Waals surface area contributed by atoms with Crippen molar-refractivity contribution in [1.82, 2.24) is 10.2 Å². The monoisotopic (exact) mass is 305 g/mol. The second-order valence-corrected chi connectivity index (χ2v) is 5.33. The summed E-state index contributed by atoms with van der Waals surface area (Å²) in [5, 5.41) is 5.58. The van der Waals surface area contributed by atoms with Crippen LogP contribution in [0.4, 0.5) is 5.69 Å². The van der Waals surface area contributed by atoms with E-state index in [4.69, 9.17) is 4.74 Å². The van der Waals surface area contributed by atoms with E-state index in [0.717, 1.165) is 39.3 Å². The second-order valence-electron chi connectivity index (χ2n) is 5.33. The van der Waals surface area contributed by atoms with E-state index in [0.29, 0.717) is 17.8 Å². The van der Waals surface area contributed by atoms with Crippen LogP contribution >= 0.6 is 0 Å². The predicted molar refractivity (Wildman–Crippen MR) is 85.0 cm³/mol. The zero-order valence-electron chi connectivity index (χ0n) is 12.9. The van der Waals surface area contributed by atoms with Gasteiger partial charge >= 0.3 is 0 Å². The van der Waals surface area contributed by atoms with Crippen molar-refractivity contribution in [3.63, 3.8) is 0 Å². The molecule has 1 aromatic rings. The van der Waals surface area contributed by atoms with Gasteiger partial charge in [0, 0.05) is 37.8 Å². The normalized spacial score (nSPS) is 15.3. The summed E-state index contributed by atoms with van der Waals surface area (Å²) in [5.74, 6) is -0.266. The first kappa shape index (κ1) is 16.5. The molecule has 1 aliphatic rings. The number of amides is 2. The summed E-state index contributed by atoms with van der Waals surface area (Å²) in [6.07, 6.45) is 0.914. The highest BCUT2D eigenvalue weighted by Crippen LogP contribution is 2.10. The first-order chi connectivity index (χ1) is 10.6. The number of hydrogen-bond donors (Lipinski definition) is 2. The maximum atomic E-state index is 12.1. The Kier molecular flexibility index (Phi) is 6.36. The Labute approximate surface area is 130 Å². The molecule has 1 fully saturated rings. The fourth-order valence-corrected chi connectivity index (χ4v) is 2.37. The molecule has 1 saturated heterocycles. The van der Waals surface area contributed by atoms with Crippen molar-refractivity contribution in [2.24, 2.45) is 0 Å². The number of carbonyl (C=O) groups is 2. The molecule has 0 unspecified atom stereocenters. The van der Waals surface area contributed by atoms with Crippen LogP contribution in [0.1, 0.15) is 23.7 Å². The standard InChI is InChI=1S/C16H23N3O3/c1-13(20)18-15-5-2-4-14(12-15)16(21)17-6-3-7-19-8-10-22-11-9-19/h2,4-5,12H,3,6-11H2,1H3,(H,17,21)(H,18,20). The minimum absolute atomic E-state index is 0.117. The fourth-order valence-electron chi connectivity index (χ4n) is 2.37. The topological polar surface area (TPSA) is 70.7 Å². The third-order valence-electron chi connectivity index (χ3n) is 3.49. The molecule has 0 radical (unpaired) electrons. The van der Waals surface area contributed by atoms with Gasteiger partial charge in [-0.2, -0.15) is 0 Å². The highest BCUT2D eigenvalue weighted by Gasteiger charge is 2.10. The predicted octanol–water partition coefficient (Wildman–Crippen LogP) is 1.10. The van der Waals surface area contributed by atoms with Gasteiger partial charge < -0.3 is 15.4 Å². The third-order valence-corrected chi connectivity index (χ3v) is 3.49. The van der Waals surface area contributed by atoms with Gasteiger partial charge in [-0.15, -0.1) is 0 Å². The highest BCUT2D eigenvalue weighted by atomic mass is 16.5. The molecule has 0 spiro atoms. The molecule has 0 atom stereocenters. The smallest absolute Gasteiger partial charge is 0.251 e. The molecule has 0 bridgehead atoms. The van der Waals surface area contributed by atoms with Gasteiger partial charge in [-0.25, -0.2) is 0 Å². The van der Waals surface area contributed by atoms with E-state index >= 15 is 0 Å². The lowest BCUT2D eigenvalue weighted by atomic mass is 10.2. The van der Waals surface area contributed by atoms with Crippen molar-refractivity contribution in [3.8, 4) is 0 Å². The number of anilines is 1. The molecule has 1 aromatic carbocycles. The molecular weight excluding hydrogens is 282 g/mol. The summed E-state index contributed by atoms with van der Waals surface area (Å²) in [4.78, 5) is 25.4. The first-order valence-electron chi connectivity index (χ1n) is 7.61. The molecule has 120 valence electrons. The highest BCUT2D eigenvalue weighted by molar-refractivity contribution is 5.96. The Morgan fingerprint density at radius 3 is 2.77 bits per heavy atom. The lowest BCUT2D eigenvalue weighted by Gasteiger charge is -2.26. The van der Waals surface area contributed by atoms with Crippen LogP contribution in [0.5, 0.6) is 0 Å². The minimum atomic E-state index is -0.150. The van der Waals surface area contributed by atoms with Crippen LogP contribution in [0.25, 0.3) is 0 Å². The van der Waals surface area contributed by atoms with Gasteiger partial charge in [0.15, 0.2) is 0 Å². The van der Waals surface area contributed by atoms with Crippen molar-refractivity contribution in [2.45, 2.75) is 13.3 Å². The maximum Gasteiger partial charge on any atom is 0.251 e. The molecule has 1 aliphatic heterocycles. The van der Waals surface area contributed by atoms with Crippen molar-refractivity contribution in [2.75, 3.05) is 44.7 Å². The lowest BCUT2D eigenvalue weighted by molar-refractivity contribution is -0.114. The fraction of sp³-hybridized carbons (Fsp3) is 0.500. The average molecular weight is 305 g/mol. The molecule has 6 nitrogen and oxygen atoms in total. The molecule has 6 heteroatoms. The van der Waals surface area contributed by atoms with Gasteiger partial charge in [0.05, 0.1) is 13.2 Å². The Hall–Kier alpha value is -1.92. The summed E-state index contributed by atoms with van der Waals surface area (Å²) in [6.45, 7) is 6.57. The molecule has 22 heavy (non-hydrogen) atoms. The SMILES string of the molecule is CC(=O)Nc1cccc(C(=O)NCCCN2CCOCC2)c1. The average Bonchev–Trinajstić information content (AvgIpc) is 2.52. The molecule has 0 aromatic heterocycles. The molecule has 0 aliphatic carbocycles. The van der Waals surface area contributed by atoms with Crippen LogP contribution in [-0.2, 0) is 9.53 Å². The second kappa shape index (κ2) is 8.51. The van der Waals surface area contributed by atoms with E-state index in [2.05, 4.69) is 15.5 Å². The number of nitrogens with one attached hydrogen (secondary N) is 2. The van der Waals surface area contributed by atoms with Gasteiger partial charge in [-0.3, -0.25) is 14.5 Å². The quantitative estimate of drug-likeness (QED) is 0.772. The van der Waals surface area contributed by atoms with E-state index < -0.39 is 0 Å². The van der Waals surface area contributed by atoms with Crippen LogP contribution in [-0.4, -0.2) is 56.1 Å². The number of morpholine rings is 1. The molecule has 2 N–H and O–H groups in total. The molecule has 1 heterocycles. The van der Waals surface area contributed by atoms with Crippen molar-refractivity contribution in [3.05, 3.63) is 29.8 Å². The van der Waals surface area contributed by atoms with Gasteiger partial charge in [-0.05, 0) is 31.2 Å². The summed E-state index contributed by atoms with van der Waals surface area (Å²) < 4.78 is 5.30. The Morgan fingerprint density at radius 1 is 1.27 bits per heavy atom. The largest absolute Gasteiger partial charge is 0.379 e. The number of ether oxygens (including phenoxy) is 1. The summed E-state index contributed by atoms with van der Waals surface area (Å²) >= 11 is 0. The Balaban J connectivity index is 1.73. The minimum Gasteiger partial charge on any atom is -0.379 e. The van der Waals surface area contributed by atoms with E-state index in [-0.39, 0.29) is 11.8 Å². The first-order valence-corrected chi connectivity index (χ1v) is 7.61. The van der Waals surface area contributed by atoms with E-state index in [1.165, 1.54) is 6.92 Å². The van der Waals surface area contributed by atoms with Gasteiger partial charge in [0.25, 0.3) is 5.91 Å². The Morgan fingerprint density at radius 2 is 2.05 bits per heavy atom. The van der Waals surface area contributed by atoms with Gasteiger partial charge in [0.2, 0.25) is 5.91 Å². The van der Waals surface area contributed by atoms with Crippen LogP contribution in [0.15, 0.2) is 24.3 Å². The third kappa shape index (κ3) is 5.46. The summed E-state index contributed by atoms with van der Waals surface area (Å²) in [6, 6.07) is 6.94. The zero-order chi connectivity index (χ0) is 15.8. The number of hydrogen-bond acceptors (Lipinski definition) is 4. The lowest BCUT2D eigenvalue weighted by Crippen LogP contribution is -2.38. The number of nitrogens with zero attached hydrogens (tertiary/aromatic N) is 1. The number of benzene rings is 1. The molecular formula is C16H23N3O3. The Bertz CT molecular complexity index is 513. The van der Waals surface area contributed by atoms with Gasteiger partial charge in [-0.1, -0.05) is 6.07 Å². The van der Waals surface area contributed by atoms with E-state index in [9.17, 15) is 9.59 Å². The number of carbonyl (C=O) groups excluding carboxylic acids is 2. The van der Waals surface area contributed by atoms with Crippen LogP contribution in [0.2, 0.25) is 0 Å². The van der Waals surface area contributed by atoms with Crippen LogP contribution < -0.4 is 10.6 Å². The molecule has 2 amide bonds. The van der Waals surface area contributed by atoms with Crippen LogP contribution in [0, 0.1) is 0 Å². The number of rotatable bonds is 6. The van der Waals surface area contributed by atoms with Crippen LogP contribution in [0.3, 0.4) is 0 Å². The maximum absolute atomic E-state index is 12.1.